The predicted octanol–water partition coefficient (Wildman–Crippen LogP) is 1.69. The molecule has 7 heteroatoms. The van der Waals surface area contributed by atoms with Crippen molar-refractivity contribution in [2.75, 3.05) is 26.2 Å². The minimum absolute atomic E-state index is 0.0146. The summed E-state index contributed by atoms with van der Waals surface area (Å²) in [6.45, 7) is 5.07. The molecule has 0 bridgehead atoms. The fourth-order valence-electron chi connectivity index (χ4n) is 2.25. The van der Waals surface area contributed by atoms with Crippen molar-refractivity contribution in [3.8, 4) is 0 Å². The number of sulfonamides is 1. The quantitative estimate of drug-likeness (QED) is 0.756. The zero-order valence-corrected chi connectivity index (χ0v) is 14.5. The first-order valence-electron chi connectivity index (χ1n) is 6.76. The predicted molar refractivity (Wildman–Crippen MR) is 84.8 cm³/mol. The van der Waals surface area contributed by atoms with Crippen molar-refractivity contribution in [3.05, 3.63) is 30.3 Å². The van der Waals surface area contributed by atoms with Crippen molar-refractivity contribution in [1.29, 1.82) is 0 Å². The Balaban J connectivity index is 2.07. The molecular weight excluding hydrogens is 356 g/mol. The van der Waals surface area contributed by atoms with Gasteiger partial charge in [0.1, 0.15) is 0 Å². The van der Waals surface area contributed by atoms with Gasteiger partial charge in [-0.15, -0.1) is 0 Å². The molecule has 5 nitrogen and oxygen atoms in total. The van der Waals surface area contributed by atoms with Gasteiger partial charge in [-0.3, -0.25) is 4.79 Å². The number of carbonyl (C=O) groups is 1. The Morgan fingerprint density at radius 1 is 1.10 bits per heavy atom. The van der Waals surface area contributed by atoms with Gasteiger partial charge in [-0.2, -0.15) is 4.31 Å². The van der Waals surface area contributed by atoms with Gasteiger partial charge in [0, 0.05) is 26.2 Å². The molecule has 1 amide bonds. The Morgan fingerprint density at radius 2 is 1.62 bits per heavy atom. The van der Waals surface area contributed by atoms with Crippen molar-refractivity contribution in [2.45, 2.75) is 23.1 Å². The highest BCUT2D eigenvalue weighted by Gasteiger charge is 2.34. The maximum atomic E-state index is 12.5. The highest BCUT2D eigenvalue weighted by atomic mass is 79.9. The Bertz CT molecular complexity index is 603. The van der Waals surface area contributed by atoms with Crippen LogP contribution in [-0.4, -0.2) is 54.0 Å². The van der Waals surface area contributed by atoms with E-state index < -0.39 is 14.3 Å². The first-order valence-corrected chi connectivity index (χ1v) is 9.00. The first-order chi connectivity index (χ1) is 9.73. The van der Waals surface area contributed by atoms with Crippen LogP contribution in [0.2, 0.25) is 0 Å². The van der Waals surface area contributed by atoms with E-state index in [0.29, 0.717) is 31.1 Å². The van der Waals surface area contributed by atoms with Gasteiger partial charge in [0.05, 0.1) is 9.22 Å². The van der Waals surface area contributed by atoms with E-state index in [-0.39, 0.29) is 5.91 Å². The number of nitrogens with zero attached hydrogens (tertiary/aromatic N) is 2. The van der Waals surface area contributed by atoms with E-state index in [1.54, 1.807) is 49.1 Å². The normalized spacial score (nSPS) is 17.8. The van der Waals surface area contributed by atoms with Gasteiger partial charge in [0.15, 0.2) is 0 Å². The highest BCUT2D eigenvalue weighted by Crippen LogP contribution is 2.22. The number of amides is 1. The molecule has 1 heterocycles. The lowest BCUT2D eigenvalue weighted by atomic mass is 10.1. The maximum absolute atomic E-state index is 12.5. The summed E-state index contributed by atoms with van der Waals surface area (Å²) in [4.78, 5) is 14.2. The molecule has 0 unspecified atom stereocenters. The van der Waals surface area contributed by atoms with Crippen molar-refractivity contribution < 1.29 is 13.2 Å². The largest absolute Gasteiger partial charge is 0.339 e. The van der Waals surface area contributed by atoms with Crippen LogP contribution in [0.3, 0.4) is 0 Å². The van der Waals surface area contributed by atoms with Gasteiger partial charge >= 0.3 is 0 Å². The lowest BCUT2D eigenvalue weighted by Crippen LogP contribution is -2.53. The van der Waals surface area contributed by atoms with Crippen molar-refractivity contribution >= 4 is 31.9 Å². The molecule has 1 aromatic rings. The Morgan fingerprint density at radius 3 is 2.10 bits per heavy atom. The number of halogens is 1. The van der Waals surface area contributed by atoms with E-state index in [1.807, 2.05) is 0 Å². The first kappa shape index (κ1) is 16.5. The van der Waals surface area contributed by atoms with Crippen molar-refractivity contribution in [3.63, 3.8) is 0 Å². The number of carbonyl (C=O) groups excluding carboxylic acids is 1. The fourth-order valence-corrected chi connectivity index (χ4v) is 3.94. The molecule has 116 valence electrons. The molecule has 0 aliphatic carbocycles. The van der Waals surface area contributed by atoms with Crippen LogP contribution in [0, 0.1) is 0 Å². The molecule has 0 saturated carbocycles. The summed E-state index contributed by atoms with van der Waals surface area (Å²) in [5.41, 5.74) is 0. The molecule has 2 rings (SSSR count). The van der Waals surface area contributed by atoms with Gasteiger partial charge in [-0.05, 0) is 26.0 Å². The molecule has 0 radical (unpaired) electrons. The summed E-state index contributed by atoms with van der Waals surface area (Å²) in [5, 5.41) is 0. The second-order valence-electron chi connectivity index (χ2n) is 5.48. The smallest absolute Gasteiger partial charge is 0.243 e. The number of piperazine rings is 1. The van der Waals surface area contributed by atoms with Gasteiger partial charge in [-0.1, -0.05) is 34.1 Å². The molecular formula is C14H19BrN2O3S. The molecule has 0 aromatic heterocycles. The van der Waals surface area contributed by atoms with Crippen LogP contribution in [0.1, 0.15) is 13.8 Å². The van der Waals surface area contributed by atoms with E-state index in [4.69, 9.17) is 0 Å². The number of benzene rings is 1. The van der Waals surface area contributed by atoms with E-state index in [2.05, 4.69) is 15.9 Å². The number of rotatable bonds is 3. The van der Waals surface area contributed by atoms with Crippen molar-refractivity contribution in [2.24, 2.45) is 0 Å². The third kappa shape index (κ3) is 3.64. The van der Waals surface area contributed by atoms with Crippen LogP contribution in [0.4, 0.5) is 0 Å². The van der Waals surface area contributed by atoms with Crippen LogP contribution in [-0.2, 0) is 14.8 Å². The van der Waals surface area contributed by atoms with E-state index in [9.17, 15) is 13.2 Å². The van der Waals surface area contributed by atoms with Gasteiger partial charge in [-0.25, -0.2) is 8.42 Å². The van der Waals surface area contributed by atoms with Crippen LogP contribution in [0.5, 0.6) is 0 Å². The SMILES string of the molecule is CC(C)(Br)C(=O)N1CCN(S(=O)(=O)c2ccccc2)CC1. The number of hydrogen-bond acceptors (Lipinski definition) is 3. The maximum Gasteiger partial charge on any atom is 0.243 e. The molecule has 1 fully saturated rings. The number of alkyl halides is 1. The van der Waals surface area contributed by atoms with E-state index in [1.165, 1.54) is 4.31 Å². The zero-order chi connectivity index (χ0) is 15.7. The van der Waals surface area contributed by atoms with Crippen LogP contribution in [0.15, 0.2) is 35.2 Å². The van der Waals surface area contributed by atoms with Gasteiger partial charge in [0.2, 0.25) is 15.9 Å². The molecule has 1 aromatic carbocycles. The topological polar surface area (TPSA) is 57.7 Å². The molecule has 1 saturated heterocycles. The fraction of sp³-hybridized carbons (Fsp3) is 0.500. The Hall–Kier alpha value is -0.920. The summed E-state index contributed by atoms with van der Waals surface area (Å²) >= 11 is 3.35. The van der Waals surface area contributed by atoms with E-state index in [0.717, 1.165) is 0 Å². The summed E-state index contributed by atoms with van der Waals surface area (Å²) in [6, 6.07) is 8.39. The second kappa shape index (κ2) is 6.06. The van der Waals surface area contributed by atoms with Crippen molar-refractivity contribution in [1.82, 2.24) is 9.21 Å². The Labute approximate surface area is 134 Å². The molecule has 0 atom stereocenters. The molecule has 1 aliphatic rings. The van der Waals surface area contributed by atoms with Gasteiger partial charge < -0.3 is 4.90 Å². The van der Waals surface area contributed by atoms with Crippen LogP contribution in [0.25, 0.3) is 0 Å². The average molecular weight is 375 g/mol. The lowest BCUT2D eigenvalue weighted by Gasteiger charge is -2.36. The molecule has 0 N–H and O–H groups in total. The zero-order valence-electron chi connectivity index (χ0n) is 12.1. The monoisotopic (exact) mass is 374 g/mol. The van der Waals surface area contributed by atoms with Crippen LogP contribution >= 0.6 is 15.9 Å². The molecule has 0 spiro atoms. The second-order valence-corrected chi connectivity index (χ2v) is 9.40. The number of hydrogen-bond donors (Lipinski definition) is 0. The lowest BCUT2D eigenvalue weighted by molar-refractivity contribution is -0.133. The van der Waals surface area contributed by atoms with Crippen LogP contribution < -0.4 is 0 Å². The molecule has 1 aliphatic heterocycles. The Kier molecular flexibility index (Phi) is 4.75. The average Bonchev–Trinajstić information content (AvgIpc) is 2.46. The third-order valence-electron chi connectivity index (χ3n) is 3.42. The highest BCUT2D eigenvalue weighted by molar-refractivity contribution is 9.10. The third-order valence-corrected chi connectivity index (χ3v) is 5.67. The minimum Gasteiger partial charge on any atom is -0.339 e. The summed E-state index contributed by atoms with van der Waals surface area (Å²) in [5.74, 6) is -0.0146. The summed E-state index contributed by atoms with van der Waals surface area (Å²) in [7, 11) is -3.46. The minimum atomic E-state index is -3.46. The van der Waals surface area contributed by atoms with Gasteiger partial charge in [0.25, 0.3) is 0 Å². The summed E-state index contributed by atoms with van der Waals surface area (Å²) in [6.07, 6.45) is 0. The summed E-state index contributed by atoms with van der Waals surface area (Å²) < 4.78 is 25.8. The molecule has 21 heavy (non-hydrogen) atoms. The van der Waals surface area contributed by atoms with E-state index >= 15 is 0 Å². The standard InChI is InChI=1S/C14H19BrN2O3S/c1-14(2,15)13(18)16-8-10-17(11-9-16)21(19,20)12-6-4-3-5-7-12/h3-7H,8-11H2,1-2H3.